The van der Waals surface area contributed by atoms with Crippen LogP contribution in [0, 0.1) is 0 Å². The van der Waals surface area contributed by atoms with Crippen LogP contribution in [-0.4, -0.2) is 58.1 Å². The Kier molecular flexibility index (Phi) is 6.12. The fourth-order valence-electron chi connectivity index (χ4n) is 5.25. The molecule has 1 N–H and O–H groups in total. The van der Waals surface area contributed by atoms with E-state index in [1.807, 2.05) is 50.4 Å². The molecule has 2 heterocycles. The number of ether oxygens (including phenoxy) is 1. The fourth-order valence-corrected chi connectivity index (χ4v) is 5.81. The SMILES string of the molecule is CSc1cc(-c2nc(-c3cccc4c3CCC43CC(=O)N(CCO)C3)no2)ccc1OC(C)C. The summed E-state index contributed by atoms with van der Waals surface area (Å²) in [7, 11) is 0. The number of thioether (sulfide) groups is 1. The number of carbonyl (C=O) groups excluding carboxylic acids is 1. The van der Waals surface area contributed by atoms with Gasteiger partial charge < -0.3 is 19.3 Å². The van der Waals surface area contributed by atoms with Crippen LogP contribution in [-0.2, 0) is 16.6 Å². The van der Waals surface area contributed by atoms with Gasteiger partial charge in [0, 0.05) is 40.9 Å². The number of fused-ring (bicyclic) bond motifs is 2. The second kappa shape index (κ2) is 9.07. The van der Waals surface area contributed by atoms with Gasteiger partial charge >= 0.3 is 0 Å². The highest BCUT2D eigenvalue weighted by Gasteiger charge is 2.48. The monoisotopic (exact) mass is 479 g/mol. The van der Waals surface area contributed by atoms with Crippen LogP contribution in [0.3, 0.4) is 0 Å². The zero-order valence-electron chi connectivity index (χ0n) is 19.7. The number of aliphatic hydroxyl groups is 1. The van der Waals surface area contributed by atoms with E-state index in [0.29, 0.717) is 31.2 Å². The lowest BCUT2D eigenvalue weighted by molar-refractivity contribution is -0.128. The molecular formula is C26H29N3O4S. The molecule has 1 saturated heterocycles. The predicted molar refractivity (Wildman–Crippen MR) is 131 cm³/mol. The molecule has 1 amide bonds. The van der Waals surface area contributed by atoms with Crippen LogP contribution >= 0.6 is 11.8 Å². The van der Waals surface area contributed by atoms with Crippen LogP contribution in [0.25, 0.3) is 22.8 Å². The Balaban J connectivity index is 1.45. The molecule has 1 aliphatic heterocycles. The Bertz CT molecular complexity index is 1220. The van der Waals surface area contributed by atoms with E-state index < -0.39 is 0 Å². The van der Waals surface area contributed by atoms with Gasteiger partial charge in [-0.05, 0) is 62.3 Å². The number of aliphatic hydroxyl groups excluding tert-OH is 1. The lowest BCUT2D eigenvalue weighted by Crippen LogP contribution is -2.32. The van der Waals surface area contributed by atoms with E-state index in [-0.39, 0.29) is 24.0 Å². The van der Waals surface area contributed by atoms with Crippen molar-refractivity contribution in [2.75, 3.05) is 26.0 Å². The first kappa shape index (κ1) is 22.9. The second-order valence-electron chi connectivity index (χ2n) is 9.28. The molecule has 1 aromatic heterocycles. The normalized spacial score (nSPS) is 19.4. The molecule has 1 spiro atoms. The smallest absolute Gasteiger partial charge is 0.258 e. The molecule has 1 aliphatic carbocycles. The van der Waals surface area contributed by atoms with Gasteiger partial charge in [-0.25, -0.2) is 0 Å². The van der Waals surface area contributed by atoms with Crippen molar-refractivity contribution in [3.8, 4) is 28.6 Å². The van der Waals surface area contributed by atoms with E-state index in [4.69, 9.17) is 14.2 Å². The van der Waals surface area contributed by atoms with Crippen LogP contribution in [0.15, 0.2) is 45.8 Å². The molecule has 3 aromatic rings. The number of carbonyl (C=O) groups is 1. The molecule has 0 radical (unpaired) electrons. The van der Waals surface area contributed by atoms with Crippen LogP contribution in [0.1, 0.15) is 37.8 Å². The lowest BCUT2D eigenvalue weighted by Gasteiger charge is -2.24. The molecule has 5 rings (SSSR count). The highest BCUT2D eigenvalue weighted by molar-refractivity contribution is 7.98. The molecule has 178 valence electrons. The van der Waals surface area contributed by atoms with Crippen LogP contribution in [0.5, 0.6) is 5.75 Å². The maximum Gasteiger partial charge on any atom is 0.258 e. The third-order valence-electron chi connectivity index (χ3n) is 6.75. The molecule has 0 saturated carbocycles. The van der Waals surface area contributed by atoms with E-state index in [1.165, 1.54) is 11.1 Å². The Labute approximate surface area is 203 Å². The third kappa shape index (κ3) is 3.99. The summed E-state index contributed by atoms with van der Waals surface area (Å²) in [6.45, 7) is 5.06. The second-order valence-corrected chi connectivity index (χ2v) is 10.1. The number of rotatable bonds is 7. The summed E-state index contributed by atoms with van der Waals surface area (Å²) in [4.78, 5) is 20.1. The van der Waals surface area contributed by atoms with Crippen molar-refractivity contribution in [3.63, 3.8) is 0 Å². The summed E-state index contributed by atoms with van der Waals surface area (Å²) in [5, 5.41) is 13.6. The van der Waals surface area contributed by atoms with Crippen molar-refractivity contribution in [2.24, 2.45) is 0 Å². The van der Waals surface area contributed by atoms with E-state index >= 15 is 0 Å². The Morgan fingerprint density at radius 1 is 1.29 bits per heavy atom. The number of aromatic nitrogens is 2. The molecule has 2 aliphatic rings. The van der Waals surface area contributed by atoms with Crippen molar-refractivity contribution in [1.82, 2.24) is 15.0 Å². The Hall–Kier alpha value is -2.84. The van der Waals surface area contributed by atoms with Gasteiger partial charge in [-0.1, -0.05) is 23.4 Å². The predicted octanol–water partition coefficient (Wildman–Crippen LogP) is 4.32. The summed E-state index contributed by atoms with van der Waals surface area (Å²) in [5.41, 5.74) is 4.01. The molecule has 1 fully saturated rings. The zero-order chi connectivity index (χ0) is 23.9. The molecule has 34 heavy (non-hydrogen) atoms. The molecule has 8 heteroatoms. The number of amides is 1. The summed E-state index contributed by atoms with van der Waals surface area (Å²) in [6.07, 6.45) is 4.38. The summed E-state index contributed by atoms with van der Waals surface area (Å²) in [6, 6.07) is 12.1. The molecule has 2 aromatic carbocycles. The van der Waals surface area contributed by atoms with Gasteiger partial charge in [0.25, 0.3) is 5.89 Å². The first-order valence-corrected chi connectivity index (χ1v) is 12.9. The van der Waals surface area contributed by atoms with Crippen molar-refractivity contribution in [1.29, 1.82) is 0 Å². The lowest BCUT2D eigenvalue weighted by atomic mass is 9.80. The minimum Gasteiger partial charge on any atom is -0.490 e. The van der Waals surface area contributed by atoms with Crippen molar-refractivity contribution in [2.45, 2.75) is 49.5 Å². The maximum atomic E-state index is 12.5. The Morgan fingerprint density at radius 3 is 2.91 bits per heavy atom. The molecule has 1 atom stereocenters. The van der Waals surface area contributed by atoms with Gasteiger partial charge in [0.15, 0.2) is 0 Å². The standard InChI is InChI=1S/C26H29N3O4S/c1-16(2)32-21-8-7-17(13-22(21)34-3)25-27-24(28-33-25)19-5-4-6-20-18(19)9-10-26(20)14-23(31)29(15-26)11-12-30/h4-8,13,16,30H,9-12,14-15H2,1-3H3. The summed E-state index contributed by atoms with van der Waals surface area (Å²) in [5.74, 6) is 1.99. The van der Waals surface area contributed by atoms with E-state index in [2.05, 4.69) is 11.2 Å². The Morgan fingerprint density at radius 2 is 2.15 bits per heavy atom. The fraction of sp³-hybridized carbons (Fsp3) is 0.423. The van der Waals surface area contributed by atoms with Crippen LogP contribution in [0.4, 0.5) is 0 Å². The number of likely N-dealkylation sites (tertiary alicyclic amines) is 1. The number of hydrogen-bond acceptors (Lipinski definition) is 7. The van der Waals surface area contributed by atoms with E-state index in [0.717, 1.165) is 34.6 Å². The third-order valence-corrected chi connectivity index (χ3v) is 7.51. The zero-order valence-corrected chi connectivity index (χ0v) is 20.5. The topological polar surface area (TPSA) is 88.7 Å². The molecule has 7 nitrogen and oxygen atoms in total. The maximum absolute atomic E-state index is 12.5. The van der Waals surface area contributed by atoms with Gasteiger partial charge in [0.2, 0.25) is 11.7 Å². The van der Waals surface area contributed by atoms with Gasteiger partial charge in [-0.3, -0.25) is 4.79 Å². The minimum atomic E-state index is -0.191. The summed E-state index contributed by atoms with van der Waals surface area (Å²) < 4.78 is 11.6. The highest BCUT2D eigenvalue weighted by atomic mass is 32.2. The quantitative estimate of drug-likeness (QED) is 0.505. The van der Waals surface area contributed by atoms with Gasteiger partial charge in [0.1, 0.15) is 5.75 Å². The molecule has 1 unspecified atom stereocenters. The first-order valence-electron chi connectivity index (χ1n) is 11.6. The van der Waals surface area contributed by atoms with Crippen LogP contribution in [0.2, 0.25) is 0 Å². The van der Waals surface area contributed by atoms with E-state index in [1.54, 1.807) is 16.7 Å². The summed E-state index contributed by atoms with van der Waals surface area (Å²) >= 11 is 1.62. The van der Waals surface area contributed by atoms with Crippen molar-refractivity contribution >= 4 is 17.7 Å². The number of hydrogen-bond donors (Lipinski definition) is 1. The average molecular weight is 480 g/mol. The van der Waals surface area contributed by atoms with Crippen molar-refractivity contribution < 1.29 is 19.2 Å². The largest absolute Gasteiger partial charge is 0.490 e. The number of nitrogens with zero attached hydrogens (tertiary/aromatic N) is 3. The van der Waals surface area contributed by atoms with Gasteiger partial charge in [-0.2, -0.15) is 4.98 Å². The highest BCUT2D eigenvalue weighted by Crippen LogP contribution is 2.48. The number of benzene rings is 2. The van der Waals surface area contributed by atoms with Crippen LogP contribution < -0.4 is 4.74 Å². The van der Waals surface area contributed by atoms with Gasteiger partial charge in [-0.15, -0.1) is 11.8 Å². The number of β-amino-alcohol motifs (C(OH)–C–C–N with tert-alkyl or cyclic N) is 1. The average Bonchev–Trinajstić information content (AvgIpc) is 3.52. The molecular weight excluding hydrogens is 450 g/mol. The van der Waals surface area contributed by atoms with E-state index in [9.17, 15) is 9.90 Å². The van der Waals surface area contributed by atoms with Gasteiger partial charge in [0.05, 0.1) is 12.7 Å². The first-order chi connectivity index (χ1) is 16.4. The minimum absolute atomic E-state index is 0.0107. The molecule has 0 bridgehead atoms. The van der Waals surface area contributed by atoms with Crippen molar-refractivity contribution in [3.05, 3.63) is 47.5 Å².